The van der Waals surface area contributed by atoms with Crippen molar-refractivity contribution < 1.29 is 35.7 Å². The Balaban J connectivity index is 0.000000180. The molecule has 0 saturated carbocycles. The smallest absolute Gasteiger partial charge is 0.0743 e. The van der Waals surface area contributed by atoms with Crippen LogP contribution in [-0.2, 0) is 16.8 Å². The third-order valence-corrected chi connectivity index (χ3v) is 7.74. The minimum atomic E-state index is 0. The Morgan fingerprint density at radius 3 is 0.842 bits per heavy atom. The number of ether oxygens (including phenoxy) is 4. The fourth-order valence-corrected chi connectivity index (χ4v) is 4.97. The fourth-order valence-electron chi connectivity index (χ4n) is 4.97. The molecule has 0 spiro atoms. The van der Waals surface area contributed by atoms with E-state index in [0.717, 1.165) is 67.8 Å². The molecule has 0 unspecified atom stereocenters. The Labute approximate surface area is 344 Å². The van der Waals surface area contributed by atoms with Gasteiger partial charge in [-0.15, -0.1) is 48.5 Å². The third kappa shape index (κ3) is 15.1. The summed E-state index contributed by atoms with van der Waals surface area (Å²) in [6, 6.07) is 57.4. The van der Waals surface area contributed by atoms with Gasteiger partial charge in [0.15, 0.2) is 0 Å². The van der Waals surface area contributed by atoms with E-state index < -0.39 is 0 Å². The van der Waals surface area contributed by atoms with Gasteiger partial charge >= 0.3 is 0 Å². The van der Waals surface area contributed by atoms with E-state index in [1.54, 1.807) is 28.4 Å². The van der Waals surface area contributed by atoms with E-state index in [-0.39, 0.29) is 16.8 Å². The van der Waals surface area contributed by atoms with Crippen molar-refractivity contribution >= 4 is 46.4 Å². The van der Waals surface area contributed by atoms with E-state index in [2.05, 4.69) is 74.5 Å². The molecule has 291 valence electrons. The van der Waals surface area contributed by atoms with Crippen LogP contribution in [0.3, 0.4) is 0 Å². The number of hydrogen-bond acceptors (Lipinski definition) is 6. The molecule has 7 aromatic rings. The Hall–Kier alpha value is -6.81. The van der Waals surface area contributed by atoms with Crippen molar-refractivity contribution in [2.45, 2.75) is 0 Å². The number of rotatable bonds is 4. The summed E-state index contributed by atoms with van der Waals surface area (Å²) < 4.78 is 19.6. The first-order chi connectivity index (χ1) is 27.5. The minimum absolute atomic E-state index is 0. The fraction of sp³-hybridized carbons (Fsp3) is 0.0833. The largest absolute Gasteiger partial charge is 0.522 e. The monoisotopic (exact) mass is 797 g/mol. The summed E-state index contributed by atoms with van der Waals surface area (Å²) in [6.45, 7) is 0. The summed E-state index contributed by atoms with van der Waals surface area (Å²) in [5, 5.41) is 0. The average Bonchev–Trinajstić information content (AvgIpc) is 4.10. The third-order valence-electron chi connectivity index (χ3n) is 7.74. The first-order valence-corrected chi connectivity index (χ1v) is 17.6. The number of methoxy groups -OCH3 is 4. The second kappa shape index (κ2) is 23.9. The SMILES string of the molecule is C1=Cc2cc3ccc(cc4ccc(cc5nc(cc1n2)C=C5)[nH]4)[nH]3.COc1cc[c-]cc1.COc1cc[c-]cc1.COc1cc[c-]cc1.COc1cc[c-]cc1.[Co]. The summed E-state index contributed by atoms with van der Waals surface area (Å²) in [5.74, 6) is 3.51. The molecule has 3 aromatic heterocycles. The zero-order chi connectivity index (χ0) is 39.2. The van der Waals surface area contributed by atoms with E-state index in [0.29, 0.717) is 0 Å². The maximum Gasteiger partial charge on any atom is 0.0743 e. The maximum absolute atomic E-state index is 4.89. The molecule has 8 bridgehead atoms. The number of aromatic nitrogens is 4. The average molecular weight is 798 g/mol. The number of benzene rings is 4. The van der Waals surface area contributed by atoms with Crippen molar-refractivity contribution in [3.63, 3.8) is 0 Å². The van der Waals surface area contributed by atoms with Crippen molar-refractivity contribution in [2.24, 2.45) is 0 Å². The van der Waals surface area contributed by atoms with Crippen LogP contribution >= 0.6 is 0 Å². The molecule has 2 N–H and O–H groups in total. The molecule has 57 heavy (non-hydrogen) atoms. The second-order valence-corrected chi connectivity index (χ2v) is 11.7. The van der Waals surface area contributed by atoms with Crippen LogP contribution in [-0.4, -0.2) is 48.4 Å². The number of H-pyrrole nitrogens is 2. The van der Waals surface area contributed by atoms with Crippen LogP contribution in [0, 0.1) is 24.3 Å². The summed E-state index contributed by atoms with van der Waals surface area (Å²) in [7, 11) is 6.59. The van der Waals surface area contributed by atoms with E-state index in [9.17, 15) is 0 Å². The number of aromatic amines is 2. The van der Waals surface area contributed by atoms with Gasteiger partial charge in [0.2, 0.25) is 0 Å². The van der Waals surface area contributed by atoms with Crippen LogP contribution in [0.2, 0.25) is 0 Å². The Kier molecular flexibility index (Phi) is 18.0. The van der Waals surface area contributed by atoms with E-state index in [4.69, 9.17) is 18.9 Å². The normalized spacial score (nSPS) is 10.2. The molecule has 2 aliphatic rings. The van der Waals surface area contributed by atoms with E-state index in [1.165, 1.54) is 0 Å². The summed E-state index contributed by atoms with van der Waals surface area (Å²) in [6.07, 6.45) is 8.05. The molecule has 0 atom stereocenters. The number of nitrogens with zero attached hydrogens (tertiary/aromatic N) is 2. The van der Waals surface area contributed by atoms with Gasteiger partial charge in [0.25, 0.3) is 0 Å². The molecule has 4 aromatic carbocycles. The number of fused-ring (bicyclic) bond motifs is 8. The van der Waals surface area contributed by atoms with E-state index >= 15 is 0 Å². The van der Waals surface area contributed by atoms with E-state index in [1.807, 2.05) is 140 Å². The van der Waals surface area contributed by atoms with Crippen molar-refractivity contribution in [1.29, 1.82) is 0 Å². The molecule has 2 aliphatic heterocycles. The minimum Gasteiger partial charge on any atom is -0.522 e. The second-order valence-electron chi connectivity index (χ2n) is 11.7. The van der Waals surface area contributed by atoms with Gasteiger partial charge in [0.1, 0.15) is 0 Å². The number of nitrogens with one attached hydrogen (secondary N) is 2. The Morgan fingerprint density at radius 2 is 0.596 bits per heavy atom. The van der Waals surface area contributed by atoms with Crippen LogP contribution in [0.1, 0.15) is 22.8 Å². The standard InChI is InChI=1S/C20H14N4.4C7H7O.Co/c1-2-14-10-16-5-6-18(23-16)12-20-8-7-19(24-20)11-17-4-3-15(22-17)9-13(1)21-14;4*1-8-7-5-3-2-4-6-7;/h1-12,21-22H;4*3-6H,1H3;/q;4*-1;. The van der Waals surface area contributed by atoms with Crippen molar-refractivity contribution in [1.82, 2.24) is 19.9 Å². The van der Waals surface area contributed by atoms with Gasteiger partial charge in [-0.05, 0) is 72.8 Å². The first-order valence-electron chi connectivity index (χ1n) is 17.6. The van der Waals surface area contributed by atoms with Gasteiger partial charge < -0.3 is 28.9 Å². The van der Waals surface area contributed by atoms with Gasteiger partial charge in [-0.3, -0.25) is 0 Å². The van der Waals surface area contributed by atoms with Gasteiger partial charge in [0, 0.05) is 61.8 Å². The van der Waals surface area contributed by atoms with Gasteiger partial charge in [-0.25, -0.2) is 9.97 Å². The molecule has 9 heteroatoms. The zero-order valence-corrected chi connectivity index (χ0v) is 33.1. The summed E-state index contributed by atoms with van der Waals surface area (Å²) in [5.41, 5.74) is 7.86. The summed E-state index contributed by atoms with van der Waals surface area (Å²) in [4.78, 5) is 16.0. The molecule has 0 aliphatic carbocycles. The molecule has 1 radical (unpaired) electrons. The van der Waals surface area contributed by atoms with Crippen LogP contribution in [0.15, 0.2) is 146 Å². The molecule has 0 fully saturated rings. The molecular formula is C48H42CoN4O4-4. The van der Waals surface area contributed by atoms with Crippen LogP contribution in [0.5, 0.6) is 23.0 Å². The van der Waals surface area contributed by atoms with Gasteiger partial charge in [-0.2, -0.15) is 72.8 Å². The Bertz CT molecular complexity index is 2170. The first kappa shape index (κ1) is 42.9. The van der Waals surface area contributed by atoms with Crippen molar-refractivity contribution in [3.8, 4) is 23.0 Å². The molecule has 0 amide bonds. The van der Waals surface area contributed by atoms with Gasteiger partial charge in [0.05, 0.1) is 51.2 Å². The predicted octanol–water partition coefficient (Wildman–Crippen LogP) is 10.6. The topological polar surface area (TPSA) is 94.3 Å². The quantitative estimate of drug-likeness (QED) is 0.172. The Morgan fingerprint density at radius 1 is 0.351 bits per heavy atom. The summed E-state index contributed by atoms with van der Waals surface area (Å²) >= 11 is 0. The van der Waals surface area contributed by atoms with Crippen LogP contribution in [0.25, 0.3) is 46.4 Å². The predicted molar refractivity (Wildman–Crippen MR) is 226 cm³/mol. The number of hydrogen-bond donors (Lipinski definition) is 2. The van der Waals surface area contributed by atoms with Crippen molar-refractivity contribution in [3.05, 3.63) is 193 Å². The molecule has 5 heterocycles. The van der Waals surface area contributed by atoms with Crippen LogP contribution in [0.4, 0.5) is 0 Å². The zero-order valence-electron chi connectivity index (χ0n) is 32.0. The maximum atomic E-state index is 4.89. The van der Waals surface area contributed by atoms with Crippen molar-refractivity contribution in [2.75, 3.05) is 28.4 Å². The van der Waals surface area contributed by atoms with Crippen LogP contribution < -0.4 is 18.9 Å². The molecule has 9 rings (SSSR count). The molecule has 8 nitrogen and oxygen atoms in total. The van der Waals surface area contributed by atoms with Gasteiger partial charge in [-0.1, -0.05) is 0 Å². The molecule has 0 saturated heterocycles. The molecular weight excluding hydrogens is 755 g/mol.